The van der Waals surface area contributed by atoms with Crippen molar-refractivity contribution >= 4 is 12.6 Å². The van der Waals surface area contributed by atoms with Crippen LogP contribution in [0.15, 0.2) is 6.07 Å². The number of aryl methyl sites for hydroxylation is 1. The van der Waals surface area contributed by atoms with Gasteiger partial charge in [-0.25, -0.2) is 0 Å². The molecule has 80 valence electrons. The van der Waals surface area contributed by atoms with E-state index >= 15 is 0 Å². The highest BCUT2D eigenvalue weighted by molar-refractivity contribution is 5.88. The summed E-state index contributed by atoms with van der Waals surface area (Å²) in [4.78, 5) is 21.8. The minimum absolute atomic E-state index is 0.490. The monoisotopic (exact) mass is 206 g/mol. The summed E-state index contributed by atoms with van der Waals surface area (Å²) in [5, 5.41) is 0. The van der Waals surface area contributed by atoms with Crippen LogP contribution in [0.5, 0.6) is 5.75 Å². The predicted molar refractivity (Wildman–Crippen MR) is 57.9 cm³/mol. The molecule has 0 aliphatic carbocycles. The summed E-state index contributed by atoms with van der Waals surface area (Å²) in [6.07, 6.45) is 2.28. The first-order chi connectivity index (χ1) is 7.19. The highest BCUT2D eigenvalue weighted by Gasteiger charge is 2.13. The van der Waals surface area contributed by atoms with Gasteiger partial charge in [0.25, 0.3) is 0 Å². The Morgan fingerprint density at radius 2 is 2.00 bits per heavy atom. The number of ether oxygens (including phenoxy) is 1. The Balaban J connectivity index is 3.55. The van der Waals surface area contributed by atoms with Gasteiger partial charge in [-0.05, 0) is 25.0 Å². The van der Waals surface area contributed by atoms with Gasteiger partial charge in [0.1, 0.15) is 5.75 Å². The molecule has 0 radical (unpaired) electrons. The van der Waals surface area contributed by atoms with Crippen molar-refractivity contribution < 1.29 is 14.3 Å². The third kappa shape index (κ3) is 1.91. The van der Waals surface area contributed by atoms with Crippen molar-refractivity contribution in [1.82, 2.24) is 0 Å². The lowest BCUT2D eigenvalue weighted by molar-refractivity contribution is 0.110. The van der Waals surface area contributed by atoms with Crippen LogP contribution in [0.1, 0.15) is 38.8 Å². The molecule has 3 heteroatoms. The summed E-state index contributed by atoms with van der Waals surface area (Å²) in [5.74, 6) is 0.490. The maximum absolute atomic E-state index is 10.9. The fourth-order valence-corrected chi connectivity index (χ4v) is 1.73. The normalized spacial score (nSPS) is 9.80. The fourth-order valence-electron chi connectivity index (χ4n) is 1.73. The summed E-state index contributed by atoms with van der Waals surface area (Å²) in [6.45, 7) is 3.73. The van der Waals surface area contributed by atoms with E-state index in [1.54, 1.807) is 13.0 Å². The lowest BCUT2D eigenvalue weighted by Crippen LogP contribution is -2.02. The largest absolute Gasteiger partial charge is 0.496 e. The Labute approximate surface area is 89.1 Å². The van der Waals surface area contributed by atoms with Gasteiger partial charge in [-0.15, -0.1) is 0 Å². The number of aldehydes is 2. The second-order valence-corrected chi connectivity index (χ2v) is 3.29. The smallest absolute Gasteiger partial charge is 0.153 e. The second kappa shape index (κ2) is 4.73. The molecule has 15 heavy (non-hydrogen) atoms. The van der Waals surface area contributed by atoms with Gasteiger partial charge in [0.15, 0.2) is 12.6 Å². The van der Waals surface area contributed by atoms with Gasteiger partial charge in [0.2, 0.25) is 0 Å². The van der Waals surface area contributed by atoms with Crippen LogP contribution in [-0.2, 0) is 6.42 Å². The van der Waals surface area contributed by atoms with Gasteiger partial charge in [0, 0.05) is 11.1 Å². The highest BCUT2D eigenvalue weighted by Crippen LogP contribution is 2.27. The Hall–Kier alpha value is -1.64. The Kier molecular flexibility index (Phi) is 3.61. The van der Waals surface area contributed by atoms with Crippen molar-refractivity contribution in [3.05, 3.63) is 28.3 Å². The predicted octanol–water partition coefficient (Wildman–Crippen LogP) is 2.19. The summed E-state index contributed by atoms with van der Waals surface area (Å²) < 4.78 is 5.12. The number of hydrogen-bond acceptors (Lipinski definition) is 3. The van der Waals surface area contributed by atoms with Crippen LogP contribution in [0.2, 0.25) is 0 Å². The first kappa shape index (κ1) is 11.4. The van der Waals surface area contributed by atoms with E-state index in [-0.39, 0.29) is 0 Å². The Morgan fingerprint density at radius 3 is 2.40 bits per heavy atom. The third-order valence-electron chi connectivity index (χ3n) is 2.51. The van der Waals surface area contributed by atoms with E-state index in [1.165, 1.54) is 7.11 Å². The van der Waals surface area contributed by atoms with Crippen LogP contribution >= 0.6 is 0 Å². The van der Waals surface area contributed by atoms with Gasteiger partial charge >= 0.3 is 0 Å². The zero-order valence-corrected chi connectivity index (χ0v) is 9.16. The maximum Gasteiger partial charge on any atom is 0.153 e. The molecular formula is C12H14O3. The molecule has 1 aromatic rings. The second-order valence-electron chi connectivity index (χ2n) is 3.29. The molecule has 0 spiro atoms. The number of benzene rings is 1. The van der Waals surface area contributed by atoms with Gasteiger partial charge in [-0.3, -0.25) is 9.59 Å². The van der Waals surface area contributed by atoms with Gasteiger partial charge in [-0.2, -0.15) is 0 Å². The van der Waals surface area contributed by atoms with E-state index in [1.807, 2.05) is 6.92 Å². The SMILES string of the molecule is CCc1cc(C=O)c(OC)c(C)c1C=O. The summed E-state index contributed by atoms with van der Waals surface area (Å²) >= 11 is 0. The third-order valence-corrected chi connectivity index (χ3v) is 2.51. The van der Waals surface area contributed by atoms with Crippen LogP contribution < -0.4 is 4.74 Å². The minimum atomic E-state index is 0.490. The van der Waals surface area contributed by atoms with Crippen LogP contribution in [0.25, 0.3) is 0 Å². The molecule has 3 nitrogen and oxygen atoms in total. The molecule has 1 aromatic carbocycles. The lowest BCUT2D eigenvalue weighted by atomic mass is 9.97. The molecule has 0 unspecified atom stereocenters. The molecule has 0 heterocycles. The van der Waals surface area contributed by atoms with Crippen molar-refractivity contribution in [3.63, 3.8) is 0 Å². The zero-order valence-electron chi connectivity index (χ0n) is 9.16. The molecule has 0 aliphatic heterocycles. The lowest BCUT2D eigenvalue weighted by Gasteiger charge is -2.12. The van der Waals surface area contributed by atoms with Crippen molar-refractivity contribution in [2.24, 2.45) is 0 Å². The van der Waals surface area contributed by atoms with Gasteiger partial charge in [0.05, 0.1) is 12.7 Å². The zero-order chi connectivity index (χ0) is 11.4. The van der Waals surface area contributed by atoms with Crippen molar-refractivity contribution in [2.75, 3.05) is 7.11 Å². The fraction of sp³-hybridized carbons (Fsp3) is 0.333. The molecule has 0 atom stereocenters. The van der Waals surface area contributed by atoms with E-state index in [4.69, 9.17) is 4.74 Å². The van der Waals surface area contributed by atoms with Crippen LogP contribution in [0.3, 0.4) is 0 Å². The molecule has 0 N–H and O–H groups in total. The van der Waals surface area contributed by atoms with Crippen LogP contribution in [0.4, 0.5) is 0 Å². The molecule has 0 aliphatic rings. The van der Waals surface area contributed by atoms with Gasteiger partial charge in [-0.1, -0.05) is 6.92 Å². The Morgan fingerprint density at radius 1 is 1.33 bits per heavy atom. The molecule has 0 aromatic heterocycles. The van der Waals surface area contributed by atoms with Crippen molar-refractivity contribution in [1.29, 1.82) is 0 Å². The molecular weight excluding hydrogens is 192 g/mol. The minimum Gasteiger partial charge on any atom is -0.496 e. The average Bonchev–Trinajstić information content (AvgIpc) is 2.27. The van der Waals surface area contributed by atoms with Crippen LogP contribution in [-0.4, -0.2) is 19.7 Å². The number of methoxy groups -OCH3 is 1. The van der Waals surface area contributed by atoms with Gasteiger partial charge < -0.3 is 4.74 Å². The highest BCUT2D eigenvalue weighted by atomic mass is 16.5. The Bertz CT molecular complexity index is 394. The molecule has 0 amide bonds. The van der Waals surface area contributed by atoms with Crippen LogP contribution in [0, 0.1) is 6.92 Å². The van der Waals surface area contributed by atoms with E-state index in [0.717, 1.165) is 30.1 Å². The van der Waals surface area contributed by atoms with E-state index in [0.29, 0.717) is 16.9 Å². The summed E-state index contributed by atoms with van der Waals surface area (Å²) in [7, 11) is 1.50. The van der Waals surface area contributed by atoms with E-state index < -0.39 is 0 Å². The topological polar surface area (TPSA) is 43.4 Å². The molecule has 0 saturated heterocycles. The number of carbonyl (C=O) groups is 2. The van der Waals surface area contributed by atoms with E-state index in [2.05, 4.69) is 0 Å². The molecule has 0 fully saturated rings. The summed E-state index contributed by atoms with van der Waals surface area (Å²) in [5.41, 5.74) is 2.73. The number of hydrogen-bond donors (Lipinski definition) is 0. The molecule has 1 rings (SSSR count). The standard InChI is InChI=1S/C12H14O3/c1-4-9-5-10(6-13)12(15-3)8(2)11(9)7-14/h5-7H,4H2,1-3H3. The number of carbonyl (C=O) groups excluding carboxylic acids is 2. The van der Waals surface area contributed by atoms with Crippen molar-refractivity contribution in [3.8, 4) is 5.75 Å². The van der Waals surface area contributed by atoms with E-state index in [9.17, 15) is 9.59 Å². The first-order valence-corrected chi connectivity index (χ1v) is 4.80. The molecule has 0 bridgehead atoms. The average molecular weight is 206 g/mol. The number of rotatable bonds is 4. The molecule has 0 saturated carbocycles. The quantitative estimate of drug-likeness (QED) is 0.709. The van der Waals surface area contributed by atoms with Crippen molar-refractivity contribution in [2.45, 2.75) is 20.3 Å². The first-order valence-electron chi connectivity index (χ1n) is 4.80. The summed E-state index contributed by atoms with van der Waals surface area (Å²) in [6, 6.07) is 1.71. The maximum atomic E-state index is 10.9.